The number of rotatable bonds is 7. The Morgan fingerprint density at radius 1 is 1.25 bits per heavy atom. The molecule has 0 radical (unpaired) electrons. The van der Waals surface area contributed by atoms with Gasteiger partial charge in [-0.2, -0.15) is 11.8 Å². The van der Waals surface area contributed by atoms with E-state index in [0.717, 1.165) is 37.0 Å². The molecule has 2 aliphatic rings. The Morgan fingerprint density at radius 2 is 1.89 bits per heavy atom. The zero-order chi connectivity index (χ0) is 20.3. The van der Waals surface area contributed by atoms with E-state index >= 15 is 0 Å². The van der Waals surface area contributed by atoms with Crippen LogP contribution in [0.4, 0.5) is 5.00 Å². The number of carbonyl (C=O) groups excluding carboxylic acids is 4. The molecule has 1 saturated heterocycles. The van der Waals surface area contributed by atoms with Gasteiger partial charge in [0.2, 0.25) is 17.7 Å². The average Bonchev–Trinajstić information content (AvgIpc) is 3.26. The number of likely N-dealkylation sites (tertiary alicyclic amines) is 1. The fraction of sp³-hybridized carbons (Fsp3) is 0.579. The summed E-state index contributed by atoms with van der Waals surface area (Å²) in [5, 5.41) is 3.25. The third kappa shape index (κ3) is 4.10. The van der Waals surface area contributed by atoms with Gasteiger partial charge in [-0.1, -0.05) is 12.8 Å². The van der Waals surface area contributed by atoms with Crippen LogP contribution in [-0.2, 0) is 19.1 Å². The lowest BCUT2D eigenvalue weighted by atomic mass is 9.81. The molecule has 1 saturated carbocycles. The van der Waals surface area contributed by atoms with Gasteiger partial charge in [-0.3, -0.25) is 19.3 Å². The van der Waals surface area contributed by atoms with Crippen molar-refractivity contribution in [2.75, 3.05) is 24.4 Å². The lowest BCUT2D eigenvalue weighted by Crippen LogP contribution is -2.48. The number of amides is 3. The van der Waals surface area contributed by atoms with Crippen LogP contribution in [0.5, 0.6) is 0 Å². The Kier molecular flexibility index (Phi) is 6.77. The van der Waals surface area contributed by atoms with Crippen LogP contribution >= 0.6 is 23.1 Å². The smallest absolute Gasteiger partial charge is 0.348 e. The molecule has 0 aromatic carbocycles. The maximum absolute atomic E-state index is 13.0. The molecule has 1 aromatic rings. The molecular formula is C19H24N2O5S2. The van der Waals surface area contributed by atoms with E-state index in [-0.39, 0.29) is 23.7 Å². The van der Waals surface area contributed by atoms with Gasteiger partial charge in [-0.15, -0.1) is 11.3 Å². The molecule has 3 unspecified atom stereocenters. The lowest BCUT2D eigenvalue weighted by molar-refractivity contribution is -0.146. The third-order valence-electron chi connectivity index (χ3n) is 5.32. The summed E-state index contributed by atoms with van der Waals surface area (Å²) in [7, 11) is 1.29. The number of thiophene rings is 1. The van der Waals surface area contributed by atoms with E-state index in [9.17, 15) is 19.2 Å². The van der Waals surface area contributed by atoms with Gasteiger partial charge in [0.05, 0.1) is 23.9 Å². The van der Waals surface area contributed by atoms with Crippen molar-refractivity contribution in [3.8, 4) is 0 Å². The minimum atomic E-state index is -0.832. The predicted octanol–water partition coefficient (Wildman–Crippen LogP) is 2.77. The largest absolute Gasteiger partial charge is 0.465 e. The number of nitrogens with one attached hydrogen (secondary N) is 1. The summed E-state index contributed by atoms with van der Waals surface area (Å²) < 4.78 is 4.68. The minimum absolute atomic E-state index is 0.211. The van der Waals surface area contributed by atoms with Crippen molar-refractivity contribution < 1.29 is 23.9 Å². The number of imide groups is 1. The van der Waals surface area contributed by atoms with Gasteiger partial charge in [0.25, 0.3) is 0 Å². The molecule has 1 N–H and O–H groups in total. The Morgan fingerprint density at radius 3 is 2.46 bits per heavy atom. The van der Waals surface area contributed by atoms with E-state index in [1.54, 1.807) is 23.9 Å². The summed E-state index contributed by atoms with van der Waals surface area (Å²) in [5.74, 6) is -1.19. The third-order valence-corrected chi connectivity index (χ3v) is 6.95. The lowest BCUT2D eigenvalue weighted by Gasteiger charge is -2.25. The summed E-state index contributed by atoms with van der Waals surface area (Å²) in [6.45, 7) is 0. The fourth-order valence-electron chi connectivity index (χ4n) is 3.92. The van der Waals surface area contributed by atoms with Crippen LogP contribution in [0.2, 0.25) is 0 Å². The van der Waals surface area contributed by atoms with Crippen LogP contribution < -0.4 is 5.32 Å². The Bertz CT molecular complexity index is 754. The van der Waals surface area contributed by atoms with Gasteiger partial charge in [-0.25, -0.2) is 4.79 Å². The van der Waals surface area contributed by atoms with Crippen molar-refractivity contribution in [3.05, 3.63) is 17.0 Å². The van der Waals surface area contributed by atoms with E-state index < -0.39 is 17.9 Å². The Hall–Kier alpha value is -1.87. The van der Waals surface area contributed by atoms with Gasteiger partial charge in [0, 0.05) is 0 Å². The number of hydrogen-bond acceptors (Lipinski definition) is 7. The normalized spacial score (nSPS) is 22.7. The molecule has 1 aromatic heterocycles. The highest BCUT2D eigenvalue weighted by atomic mass is 32.2. The van der Waals surface area contributed by atoms with Crippen molar-refractivity contribution in [2.24, 2.45) is 11.8 Å². The topological polar surface area (TPSA) is 92.8 Å². The number of fused-ring (bicyclic) bond motifs is 1. The van der Waals surface area contributed by atoms with E-state index in [2.05, 4.69) is 10.1 Å². The number of anilines is 1. The van der Waals surface area contributed by atoms with Crippen molar-refractivity contribution in [3.63, 3.8) is 0 Å². The van der Waals surface area contributed by atoms with Gasteiger partial charge < -0.3 is 10.1 Å². The van der Waals surface area contributed by atoms with Crippen LogP contribution in [0.3, 0.4) is 0 Å². The molecule has 1 aliphatic heterocycles. The highest BCUT2D eigenvalue weighted by Crippen LogP contribution is 2.39. The van der Waals surface area contributed by atoms with Crippen LogP contribution in [0.15, 0.2) is 12.1 Å². The molecule has 2 fully saturated rings. The first-order valence-electron chi connectivity index (χ1n) is 9.32. The number of nitrogens with zero attached hydrogens (tertiary/aromatic N) is 1. The van der Waals surface area contributed by atoms with Crippen LogP contribution in [0, 0.1) is 11.8 Å². The molecule has 28 heavy (non-hydrogen) atoms. The molecule has 3 rings (SSSR count). The second kappa shape index (κ2) is 9.09. The summed E-state index contributed by atoms with van der Waals surface area (Å²) in [4.78, 5) is 52.0. The highest BCUT2D eigenvalue weighted by molar-refractivity contribution is 7.98. The molecule has 3 atom stereocenters. The quantitative estimate of drug-likeness (QED) is 0.534. The molecule has 9 heteroatoms. The molecular weight excluding hydrogens is 400 g/mol. The van der Waals surface area contributed by atoms with Crippen molar-refractivity contribution in [1.82, 2.24) is 4.90 Å². The standard InChI is InChI=1S/C19H24N2O5S2/c1-26-19(25)14-7-8-15(28-14)20-16(22)13(9-10-27-2)21-17(23)11-5-3-4-6-12(11)18(21)24/h7-8,11-13H,3-6,9-10H2,1-2H3,(H,20,22). The molecule has 7 nitrogen and oxygen atoms in total. The predicted molar refractivity (Wildman–Crippen MR) is 108 cm³/mol. The van der Waals surface area contributed by atoms with E-state index in [4.69, 9.17) is 0 Å². The molecule has 0 bridgehead atoms. The molecule has 3 amide bonds. The zero-order valence-corrected chi connectivity index (χ0v) is 17.6. The minimum Gasteiger partial charge on any atom is -0.465 e. The van der Waals surface area contributed by atoms with Crippen LogP contribution in [0.25, 0.3) is 0 Å². The average molecular weight is 425 g/mol. The molecule has 0 spiro atoms. The van der Waals surface area contributed by atoms with Gasteiger partial charge in [0.15, 0.2) is 0 Å². The summed E-state index contributed by atoms with van der Waals surface area (Å²) in [6.07, 6.45) is 5.65. The van der Waals surface area contributed by atoms with Gasteiger partial charge in [-0.05, 0) is 43.4 Å². The first kappa shape index (κ1) is 20.9. The van der Waals surface area contributed by atoms with Gasteiger partial charge >= 0.3 is 5.97 Å². The highest BCUT2D eigenvalue weighted by Gasteiger charge is 2.51. The SMILES string of the molecule is COC(=O)c1ccc(NC(=O)C(CCSC)N2C(=O)C3CCCCC3C2=O)s1. The molecule has 152 valence electrons. The zero-order valence-electron chi connectivity index (χ0n) is 15.9. The second-order valence-corrected chi connectivity index (χ2v) is 9.06. The van der Waals surface area contributed by atoms with Crippen LogP contribution in [0.1, 0.15) is 41.8 Å². The Labute approximate surface area is 172 Å². The number of hydrogen-bond donors (Lipinski definition) is 1. The summed E-state index contributed by atoms with van der Waals surface area (Å²) in [6, 6.07) is 2.36. The van der Waals surface area contributed by atoms with Crippen molar-refractivity contribution in [1.29, 1.82) is 0 Å². The first-order chi connectivity index (χ1) is 13.5. The van der Waals surface area contributed by atoms with Gasteiger partial charge in [0.1, 0.15) is 10.9 Å². The Balaban J connectivity index is 1.78. The second-order valence-electron chi connectivity index (χ2n) is 6.99. The van der Waals surface area contributed by atoms with E-state index in [0.29, 0.717) is 22.1 Å². The summed E-state index contributed by atoms with van der Waals surface area (Å²) >= 11 is 2.66. The van der Waals surface area contributed by atoms with Crippen LogP contribution in [-0.4, -0.2) is 53.8 Å². The molecule has 2 heterocycles. The van der Waals surface area contributed by atoms with E-state index in [1.165, 1.54) is 12.0 Å². The maximum atomic E-state index is 13.0. The number of ether oxygens (including phenoxy) is 1. The first-order valence-corrected chi connectivity index (χ1v) is 11.5. The van der Waals surface area contributed by atoms with Crippen molar-refractivity contribution in [2.45, 2.75) is 38.1 Å². The van der Waals surface area contributed by atoms with E-state index in [1.807, 2.05) is 6.26 Å². The van der Waals surface area contributed by atoms with Crippen molar-refractivity contribution >= 4 is 51.8 Å². The summed E-state index contributed by atoms with van der Waals surface area (Å²) in [5.41, 5.74) is 0. The maximum Gasteiger partial charge on any atom is 0.348 e. The number of thioether (sulfide) groups is 1. The monoisotopic (exact) mass is 424 g/mol. The number of methoxy groups -OCH3 is 1. The molecule has 1 aliphatic carbocycles. The number of carbonyl (C=O) groups is 4. The number of esters is 1. The fourth-order valence-corrected chi connectivity index (χ4v) is 5.21.